The fourth-order valence-electron chi connectivity index (χ4n) is 1.53. The van der Waals surface area contributed by atoms with Crippen LogP contribution in [0.4, 0.5) is 18.9 Å². The minimum absolute atomic E-state index is 0.140. The first-order valence-corrected chi connectivity index (χ1v) is 7.88. The Hall–Kier alpha value is -1.57. The number of hydrogen-bond donors (Lipinski definition) is 1. The van der Waals surface area contributed by atoms with Gasteiger partial charge in [-0.1, -0.05) is 12.1 Å². The topological polar surface area (TPSA) is 63.2 Å². The number of benzene rings is 1. The van der Waals surface area contributed by atoms with Gasteiger partial charge in [0.1, 0.15) is 6.42 Å². The molecule has 8 heteroatoms. The molecular weight excluding hydrogens is 307 g/mol. The summed E-state index contributed by atoms with van der Waals surface area (Å²) in [4.78, 5) is 11.2. The van der Waals surface area contributed by atoms with Crippen molar-refractivity contribution in [2.75, 3.05) is 5.32 Å². The van der Waals surface area contributed by atoms with E-state index in [1.807, 2.05) is 0 Å². The zero-order valence-electron chi connectivity index (χ0n) is 11.6. The van der Waals surface area contributed by atoms with Crippen LogP contribution < -0.4 is 5.32 Å². The molecule has 1 rings (SSSR count). The number of amides is 1. The molecule has 118 valence electrons. The molecular formula is C13H16F3NO3S. The normalized spacial score (nSPS) is 12.5. The largest absolute Gasteiger partial charge is 0.397 e. The molecule has 21 heavy (non-hydrogen) atoms. The maximum absolute atomic E-state index is 12.1. The van der Waals surface area contributed by atoms with Gasteiger partial charge in [0, 0.05) is 5.69 Å². The quantitative estimate of drug-likeness (QED) is 0.906. The van der Waals surface area contributed by atoms with Crippen molar-refractivity contribution >= 4 is 21.4 Å². The van der Waals surface area contributed by atoms with Gasteiger partial charge in [-0.3, -0.25) is 4.79 Å². The molecule has 0 aliphatic carbocycles. The van der Waals surface area contributed by atoms with E-state index in [1.165, 1.54) is 18.2 Å². The van der Waals surface area contributed by atoms with Gasteiger partial charge in [0.25, 0.3) is 0 Å². The molecule has 0 unspecified atom stereocenters. The second-order valence-corrected chi connectivity index (χ2v) is 7.45. The van der Waals surface area contributed by atoms with Gasteiger partial charge in [0.2, 0.25) is 5.91 Å². The highest BCUT2D eigenvalue weighted by Crippen LogP contribution is 2.21. The summed E-state index contributed by atoms with van der Waals surface area (Å²) in [6, 6.07) is 5.78. The molecule has 0 aliphatic heterocycles. The number of hydrogen-bond acceptors (Lipinski definition) is 3. The number of nitrogens with one attached hydrogen (secondary N) is 1. The summed E-state index contributed by atoms with van der Waals surface area (Å²) in [6.45, 7) is 3.09. The van der Waals surface area contributed by atoms with Crippen molar-refractivity contribution in [1.29, 1.82) is 0 Å². The van der Waals surface area contributed by atoms with E-state index >= 15 is 0 Å². The predicted octanol–water partition coefficient (Wildman–Crippen LogP) is 2.90. The highest BCUT2D eigenvalue weighted by molar-refractivity contribution is 7.91. The van der Waals surface area contributed by atoms with Crippen molar-refractivity contribution in [3.63, 3.8) is 0 Å². The summed E-state index contributed by atoms with van der Waals surface area (Å²) < 4.78 is 59.7. The van der Waals surface area contributed by atoms with Crippen LogP contribution in [0.25, 0.3) is 0 Å². The second-order valence-electron chi connectivity index (χ2n) is 4.90. The van der Waals surface area contributed by atoms with Crippen LogP contribution in [0.3, 0.4) is 0 Å². The average molecular weight is 323 g/mol. The molecule has 1 N–H and O–H groups in total. The van der Waals surface area contributed by atoms with Crippen molar-refractivity contribution in [3.8, 4) is 0 Å². The Kier molecular flexibility index (Phi) is 5.38. The Labute approximate surface area is 121 Å². The monoisotopic (exact) mass is 323 g/mol. The predicted molar refractivity (Wildman–Crippen MR) is 73.5 cm³/mol. The van der Waals surface area contributed by atoms with Gasteiger partial charge in [0.15, 0.2) is 9.84 Å². The van der Waals surface area contributed by atoms with Crippen LogP contribution in [0.5, 0.6) is 0 Å². The zero-order chi connectivity index (χ0) is 16.3. The molecule has 0 saturated heterocycles. The fourth-order valence-corrected chi connectivity index (χ4v) is 2.50. The van der Waals surface area contributed by atoms with Gasteiger partial charge in [-0.05, 0) is 31.5 Å². The molecule has 0 spiro atoms. The number of anilines is 1. The van der Waals surface area contributed by atoms with Crippen LogP contribution in [-0.4, -0.2) is 25.8 Å². The Morgan fingerprint density at radius 3 is 2.43 bits per heavy atom. The highest BCUT2D eigenvalue weighted by atomic mass is 32.2. The summed E-state index contributed by atoms with van der Waals surface area (Å²) in [6.07, 6.45) is -6.16. The number of alkyl halides is 3. The van der Waals surface area contributed by atoms with E-state index in [0.29, 0.717) is 5.56 Å². The maximum atomic E-state index is 12.1. The van der Waals surface area contributed by atoms with Crippen LogP contribution in [0.1, 0.15) is 25.8 Å². The van der Waals surface area contributed by atoms with Crippen LogP contribution in [0, 0.1) is 0 Å². The first-order chi connectivity index (χ1) is 9.49. The molecule has 0 bridgehead atoms. The minimum atomic E-state index is -4.58. The van der Waals surface area contributed by atoms with E-state index in [4.69, 9.17) is 0 Å². The van der Waals surface area contributed by atoms with Crippen LogP contribution >= 0.6 is 0 Å². The van der Waals surface area contributed by atoms with Crippen LogP contribution in [-0.2, 0) is 20.4 Å². The third-order valence-electron chi connectivity index (χ3n) is 2.66. The molecule has 0 fully saturated rings. The van der Waals surface area contributed by atoms with Crippen molar-refractivity contribution in [1.82, 2.24) is 0 Å². The molecule has 0 radical (unpaired) electrons. The molecule has 0 aromatic heterocycles. The number of carbonyl (C=O) groups excluding carboxylic acids is 1. The van der Waals surface area contributed by atoms with Crippen molar-refractivity contribution < 1.29 is 26.4 Å². The Morgan fingerprint density at radius 2 is 1.90 bits per heavy atom. The summed E-state index contributed by atoms with van der Waals surface area (Å²) in [5.74, 6) is -1.42. The SMILES string of the molecule is CC(C)S(=O)(=O)Cc1cccc(NC(=O)CC(F)(F)F)c1. The standard InChI is InChI=1S/C13H16F3NO3S/c1-9(2)21(19,20)8-10-4-3-5-11(6-10)17-12(18)7-13(14,15)16/h3-6,9H,7-8H2,1-2H3,(H,17,18). The zero-order valence-corrected chi connectivity index (χ0v) is 12.4. The van der Waals surface area contributed by atoms with Gasteiger partial charge in [0.05, 0.1) is 11.0 Å². The average Bonchev–Trinajstić information content (AvgIpc) is 2.25. The van der Waals surface area contributed by atoms with Crippen LogP contribution in [0.15, 0.2) is 24.3 Å². The lowest BCUT2D eigenvalue weighted by molar-refractivity contribution is -0.150. The van der Waals surface area contributed by atoms with Crippen molar-refractivity contribution in [3.05, 3.63) is 29.8 Å². The molecule has 0 atom stereocenters. The summed E-state index contributed by atoms with van der Waals surface area (Å²) in [5, 5.41) is 1.55. The van der Waals surface area contributed by atoms with Gasteiger partial charge in [-0.15, -0.1) is 0 Å². The van der Waals surface area contributed by atoms with Crippen LogP contribution in [0.2, 0.25) is 0 Å². The van der Waals surface area contributed by atoms with E-state index in [1.54, 1.807) is 19.9 Å². The van der Waals surface area contributed by atoms with Gasteiger partial charge in [-0.2, -0.15) is 13.2 Å². The molecule has 1 aromatic carbocycles. The van der Waals surface area contributed by atoms with Gasteiger partial charge < -0.3 is 5.32 Å². The van der Waals surface area contributed by atoms with Crippen molar-refractivity contribution in [2.45, 2.75) is 37.4 Å². The Bertz CT molecular complexity index is 609. The third kappa shape index (κ3) is 6.16. The van der Waals surface area contributed by atoms with Gasteiger partial charge >= 0.3 is 6.18 Å². The van der Waals surface area contributed by atoms with E-state index in [0.717, 1.165) is 0 Å². The molecule has 0 heterocycles. The molecule has 0 saturated carbocycles. The maximum Gasteiger partial charge on any atom is 0.397 e. The first-order valence-electron chi connectivity index (χ1n) is 6.17. The minimum Gasteiger partial charge on any atom is -0.326 e. The van der Waals surface area contributed by atoms with E-state index in [2.05, 4.69) is 5.32 Å². The van der Waals surface area contributed by atoms with Crippen molar-refractivity contribution in [2.24, 2.45) is 0 Å². The van der Waals surface area contributed by atoms with Gasteiger partial charge in [-0.25, -0.2) is 8.42 Å². The first kappa shape index (κ1) is 17.5. The summed E-state index contributed by atoms with van der Waals surface area (Å²) >= 11 is 0. The number of halogens is 3. The fraction of sp³-hybridized carbons (Fsp3) is 0.462. The Morgan fingerprint density at radius 1 is 1.29 bits per heavy atom. The summed E-state index contributed by atoms with van der Waals surface area (Å²) in [5.41, 5.74) is 0.550. The smallest absolute Gasteiger partial charge is 0.326 e. The highest BCUT2D eigenvalue weighted by Gasteiger charge is 2.31. The number of sulfone groups is 1. The Balaban J connectivity index is 2.80. The van der Waals surface area contributed by atoms with E-state index < -0.39 is 33.6 Å². The molecule has 4 nitrogen and oxygen atoms in total. The number of rotatable bonds is 5. The lowest BCUT2D eigenvalue weighted by atomic mass is 10.2. The lowest BCUT2D eigenvalue weighted by Crippen LogP contribution is -2.21. The molecule has 0 aliphatic rings. The second kappa shape index (κ2) is 6.46. The molecule has 1 aromatic rings. The van der Waals surface area contributed by atoms with E-state index in [9.17, 15) is 26.4 Å². The lowest BCUT2D eigenvalue weighted by Gasteiger charge is -2.10. The molecule has 1 amide bonds. The summed E-state index contributed by atoms with van der Waals surface area (Å²) in [7, 11) is -3.32. The third-order valence-corrected chi connectivity index (χ3v) is 4.83. The van der Waals surface area contributed by atoms with E-state index in [-0.39, 0.29) is 11.4 Å². The number of carbonyl (C=O) groups is 1.